The van der Waals surface area contributed by atoms with Crippen LogP contribution in [-0.4, -0.2) is 71.6 Å². The van der Waals surface area contributed by atoms with Crippen molar-refractivity contribution in [2.24, 2.45) is 5.92 Å². The Bertz CT molecular complexity index is 1370. The van der Waals surface area contributed by atoms with Gasteiger partial charge in [0.2, 0.25) is 17.6 Å². The minimum Gasteiger partial charge on any atom is -0.481 e. The van der Waals surface area contributed by atoms with Crippen LogP contribution in [0.25, 0.3) is 0 Å². The van der Waals surface area contributed by atoms with Gasteiger partial charge in [-0.15, -0.1) is 0 Å². The summed E-state index contributed by atoms with van der Waals surface area (Å²) in [6, 6.07) is 10.0. The zero-order chi connectivity index (χ0) is 32.4. The molecule has 2 aliphatic rings. The summed E-state index contributed by atoms with van der Waals surface area (Å²) < 4.78 is 41.7. The summed E-state index contributed by atoms with van der Waals surface area (Å²) >= 11 is 0. The number of rotatable bonds is 13. The molecule has 242 valence electrons. The molecule has 11 nitrogen and oxygen atoms in total. The lowest BCUT2D eigenvalue weighted by atomic mass is 9.91. The van der Waals surface area contributed by atoms with Crippen LogP contribution in [0.4, 0.5) is 24.8 Å². The van der Waals surface area contributed by atoms with Gasteiger partial charge in [0.05, 0.1) is 18.1 Å². The van der Waals surface area contributed by atoms with Crippen molar-refractivity contribution in [3.63, 3.8) is 0 Å². The largest absolute Gasteiger partial charge is 0.481 e. The van der Waals surface area contributed by atoms with E-state index in [0.717, 1.165) is 24.8 Å². The van der Waals surface area contributed by atoms with Crippen molar-refractivity contribution in [3.8, 4) is 6.07 Å². The van der Waals surface area contributed by atoms with Crippen LogP contribution < -0.4 is 20.4 Å². The van der Waals surface area contributed by atoms with E-state index in [0.29, 0.717) is 69.8 Å². The first-order valence-corrected chi connectivity index (χ1v) is 15.3. The van der Waals surface area contributed by atoms with Gasteiger partial charge in [-0.3, -0.25) is 14.4 Å². The fourth-order valence-electron chi connectivity index (χ4n) is 5.76. The van der Waals surface area contributed by atoms with Gasteiger partial charge in [0.15, 0.2) is 0 Å². The van der Waals surface area contributed by atoms with Gasteiger partial charge in [0.25, 0.3) is 0 Å². The van der Waals surface area contributed by atoms with Crippen LogP contribution >= 0.6 is 0 Å². The molecule has 2 fully saturated rings. The second-order valence-electron chi connectivity index (χ2n) is 11.4. The monoisotopic (exact) mass is 629 g/mol. The normalized spacial score (nSPS) is 17.2. The Morgan fingerprint density at radius 1 is 0.978 bits per heavy atom. The number of halogens is 3. The first-order chi connectivity index (χ1) is 21.5. The first-order valence-electron chi connectivity index (χ1n) is 15.3. The molecule has 2 aromatic rings. The molecule has 2 amide bonds. The minimum atomic E-state index is -4.76. The van der Waals surface area contributed by atoms with Crippen molar-refractivity contribution in [2.75, 3.05) is 42.5 Å². The highest BCUT2D eigenvalue weighted by Gasteiger charge is 2.39. The molecule has 0 unspecified atom stereocenters. The van der Waals surface area contributed by atoms with Gasteiger partial charge in [-0.1, -0.05) is 12.1 Å². The molecule has 14 heteroatoms. The van der Waals surface area contributed by atoms with Crippen molar-refractivity contribution < 1.29 is 32.7 Å². The number of carbonyl (C=O) groups excluding carboxylic acids is 2. The van der Waals surface area contributed by atoms with Gasteiger partial charge < -0.3 is 25.5 Å². The fourth-order valence-corrected chi connectivity index (χ4v) is 5.76. The molecule has 0 bridgehead atoms. The SMILES string of the molecule is N#Cc1ccc(CCNC(=O)[C@@H]2CCCN2c2cc(N3CCC(CCCC(=O)NCCC(=O)O)CC3)nc(C(F)(F)F)n2)cc1. The van der Waals surface area contributed by atoms with E-state index in [-0.39, 0.29) is 36.4 Å². The standard InChI is InChI=1S/C31H38F3N7O4/c32-31(33,34)30-38-25(40-17-12-21(13-18-40)3-1-5-27(42)36-15-11-28(43)44)19-26(39-30)41-16-2-4-24(41)29(45)37-14-10-22-6-8-23(20-35)9-7-22/h6-9,19,21,24H,1-5,10-18H2,(H,36,42)(H,37,45)(H,43,44)/t24-/m0/s1. The molecule has 2 aliphatic heterocycles. The molecule has 3 heterocycles. The summed E-state index contributed by atoms with van der Waals surface area (Å²) in [6.07, 6.45) is -0.0111. The van der Waals surface area contributed by atoms with E-state index < -0.39 is 24.0 Å². The third-order valence-corrected chi connectivity index (χ3v) is 8.21. The summed E-state index contributed by atoms with van der Waals surface area (Å²) in [7, 11) is 0. The second-order valence-corrected chi connectivity index (χ2v) is 11.4. The van der Waals surface area contributed by atoms with Gasteiger partial charge >= 0.3 is 12.1 Å². The highest BCUT2D eigenvalue weighted by molar-refractivity contribution is 5.85. The van der Waals surface area contributed by atoms with Crippen LogP contribution in [0, 0.1) is 17.2 Å². The summed E-state index contributed by atoms with van der Waals surface area (Å²) in [5.41, 5.74) is 1.50. The predicted molar refractivity (Wildman–Crippen MR) is 159 cm³/mol. The third-order valence-electron chi connectivity index (χ3n) is 8.21. The zero-order valence-electron chi connectivity index (χ0n) is 25.0. The van der Waals surface area contributed by atoms with E-state index in [1.54, 1.807) is 23.1 Å². The number of alkyl halides is 3. The number of nitrogens with one attached hydrogen (secondary N) is 2. The second kappa shape index (κ2) is 15.5. The molecule has 0 radical (unpaired) electrons. The number of carboxylic acids is 1. The number of aliphatic carboxylic acids is 1. The van der Waals surface area contributed by atoms with Crippen molar-refractivity contribution in [2.45, 2.75) is 70.0 Å². The van der Waals surface area contributed by atoms with Crippen LogP contribution in [0.5, 0.6) is 0 Å². The lowest BCUT2D eigenvalue weighted by molar-refractivity contribution is -0.145. The van der Waals surface area contributed by atoms with Crippen LogP contribution in [0.2, 0.25) is 0 Å². The maximum Gasteiger partial charge on any atom is 0.451 e. The van der Waals surface area contributed by atoms with E-state index in [1.165, 1.54) is 0 Å². The lowest BCUT2D eigenvalue weighted by Crippen LogP contribution is -2.44. The molecule has 0 spiro atoms. The summed E-state index contributed by atoms with van der Waals surface area (Å²) in [5, 5.41) is 23.1. The molecule has 4 rings (SSSR count). The minimum absolute atomic E-state index is 0.0769. The Labute approximate surface area is 259 Å². The number of aromatic nitrogens is 2. The average molecular weight is 630 g/mol. The maximum atomic E-state index is 13.9. The number of hydrogen-bond acceptors (Lipinski definition) is 8. The van der Waals surface area contributed by atoms with Crippen molar-refractivity contribution in [1.29, 1.82) is 5.26 Å². The smallest absolute Gasteiger partial charge is 0.451 e. The highest BCUT2D eigenvalue weighted by Crippen LogP contribution is 2.34. The topological polar surface area (TPSA) is 152 Å². The molecule has 1 aromatic carbocycles. The number of carbonyl (C=O) groups is 3. The molecule has 1 aromatic heterocycles. The number of benzene rings is 1. The zero-order valence-corrected chi connectivity index (χ0v) is 25.0. The Morgan fingerprint density at radius 3 is 2.36 bits per heavy atom. The van der Waals surface area contributed by atoms with Crippen molar-refractivity contribution in [3.05, 3.63) is 47.3 Å². The van der Waals surface area contributed by atoms with Gasteiger partial charge in [-0.2, -0.15) is 18.4 Å². The third kappa shape index (κ3) is 9.79. The Morgan fingerprint density at radius 2 is 1.69 bits per heavy atom. The number of anilines is 2. The van der Waals surface area contributed by atoms with Crippen LogP contribution in [0.3, 0.4) is 0 Å². The number of piperidine rings is 1. The number of amides is 2. The molecule has 3 N–H and O–H groups in total. The Balaban J connectivity index is 1.34. The predicted octanol–water partition coefficient (Wildman–Crippen LogP) is 3.67. The number of hydrogen-bond donors (Lipinski definition) is 3. The molecule has 0 aliphatic carbocycles. The Kier molecular flexibility index (Phi) is 11.6. The van der Waals surface area contributed by atoms with E-state index >= 15 is 0 Å². The summed E-state index contributed by atoms with van der Waals surface area (Å²) in [6.45, 7) is 1.84. The molecule has 2 saturated heterocycles. The summed E-state index contributed by atoms with van der Waals surface area (Å²) in [4.78, 5) is 46.7. The van der Waals surface area contributed by atoms with E-state index in [4.69, 9.17) is 10.4 Å². The quantitative estimate of drug-likeness (QED) is 0.301. The Hall–Kier alpha value is -4.41. The number of nitrogens with zero attached hydrogens (tertiary/aromatic N) is 5. The fraction of sp³-hybridized carbons (Fsp3) is 0.548. The van der Waals surface area contributed by atoms with Gasteiger partial charge in [-0.25, -0.2) is 9.97 Å². The number of nitriles is 1. The van der Waals surface area contributed by atoms with Crippen LogP contribution in [0.1, 0.15) is 68.3 Å². The van der Waals surface area contributed by atoms with Gasteiger partial charge in [0.1, 0.15) is 17.7 Å². The first kappa shape index (κ1) is 33.5. The molecule has 0 saturated carbocycles. The number of carboxylic acid groups (broad SMARTS) is 1. The van der Waals surface area contributed by atoms with E-state index in [9.17, 15) is 27.6 Å². The van der Waals surface area contributed by atoms with Gasteiger partial charge in [-0.05, 0) is 68.6 Å². The molecule has 1 atom stereocenters. The molecular weight excluding hydrogens is 591 g/mol. The van der Waals surface area contributed by atoms with Crippen molar-refractivity contribution >= 4 is 29.4 Å². The molecular formula is C31H38F3N7O4. The van der Waals surface area contributed by atoms with Crippen LogP contribution in [0.15, 0.2) is 30.3 Å². The van der Waals surface area contributed by atoms with Crippen LogP contribution in [-0.2, 0) is 27.0 Å². The lowest BCUT2D eigenvalue weighted by Gasteiger charge is -2.34. The average Bonchev–Trinajstić information content (AvgIpc) is 3.51. The van der Waals surface area contributed by atoms with Gasteiger partial charge in [0, 0.05) is 45.2 Å². The van der Waals surface area contributed by atoms with E-state index in [1.807, 2.05) is 17.0 Å². The summed E-state index contributed by atoms with van der Waals surface area (Å²) in [5.74, 6) is -2.11. The maximum absolute atomic E-state index is 13.9. The van der Waals surface area contributed by atoms with Crippen molar-refractivity contribution in [1.82, 2.24) is 20.6 Å². The molecule has 45 heavy (non-hydrogen) atoms. The highest BCUT2D eigenvalue weighted by atomic mass is 19.4. The van der Waals surface area contributed by atoms with E-state index in [2.05, 4.69) is 26.7 Å².